The van der Waals surface area contributed by atoms with E-state index in [0.29, 0.717) is 0 Å². The minimum atomic E-state index is -1.00. The molecule has 0 atom stereocenters. The lowest BCUT2D eigenvalue weighted by atomic mass is 9.90. The number of nitrogens with zero attached hydrogens (tertiary/aromatic N) is 3. The summed E-state index contributed by atoms with van der Waals surface area (Å²) in [6.45, 7) is 3.23. The lowest BCUT2D eigenvalue weighted by molar-refractivity contribution is -0.146. The predicted molar refractivity (Wildman–Crippen MR) is 54.9 cm³/mol. The van der Waals surface area contributed by atoms with Crippen molar-refractivity contribution in [1.82, 2.24) is 15.2 Å². The quantitative estimate of drug-likeness (QED) is 0.746. The van der Waals surface area contributed by atoms with Gasteiger partial charge in [0.05, 0.1) is 7.11 Å². The maximum Gasteiger partial charge on any atom is 0.317 e. The van der Waals surface area contributed by atoms with E-state index < -0.39 is 11.4 Å². The van der Waals surface area contributed by atoms with Gasteiger partial charge < -0.3 is 4.74 Å². The molecule has 1 rings (SSSR count). The van der Waals surface area contributed by atoms with E-state index in [0.717, 1.165) is 0 Å². The molecule has 0 saturated heterocycles. The molecule has 1 heterocycles. The second-order valence-corrected chi connectivity index (χ2v) is 4.03. The number of rotatable bonds is 2. The molecular weight excluding hydrogens is 241 g/mol. The Morgan fingerprint density at radius 1 is 1.33 bits per heavy atom. The number of esters is 1. The molecular formula is C8H9Cl2N3O2. The summed E-state index contributed by atoms with van der Waals surface area (Å²) in [6.07, 6.45) is 0. The summed E-state index contributed by atoms with van der Waals surface area (Å²) in [4.78, 5) is 15.2. The Hall–Kier alpha value is -0.940. The third-order valence-electron chi connectivity index (χ3n) is 1.91. The SMILES string of the molecule is COC(=O)C(C)(C)c1nnc(Cl)nc1Cl. The Morgan fingerprint density at radius 3 is 2.40 bits per heavy atom. The largest absolute Gasteiger partial charge is 0.468 e. The van der Waals surface area contributed by atoms with Gasteiger partial charge in [0.15, 0.2) is 5.15 Å². The van der Waals surface area contributed by atoms with Crippen LogP contribution in [0.15, 0.2) is 0 Å². The molecule has 0 saturated carbocycles. The van der Waals surface area contributed by atoms with Crippen molar-refractivity contribution >= 4 is 29.2 Å². The van der Waals surface area contributed by atoms with Gasteiger partial charge in [-0.15, -0.1) is 10.2 Å². The first-order chi connectivity index (χ1) is 6.89. The van der Waals surface area contributed by atoms with E-state index in [1.54, 1.807) is 13.8 Å². The van der Waals surface area contributed by atoms with Crippen LogP contribution in [0, 0.1) is 0 Å². The Balaban J connectivity index is 3.21. The van der Waals surface area contributed by atoms with Crippen molar-refractivity contribution in [3.8, 4) is 0 Å². The molecule has 0 aliphatic carbocycles. The molecule has 15 heavy (non-hydrogen) atoms. The van der Waals surface area contributed by atoms with Crippen LogP contribution in [-0.4, -0.2) is 28.3 Å². The van der Waals surface area contributed by atoms with Crippen LogP contribution in [0.4, 0.5) is 0 Å². The van der Waals surface area contributed by atoms with Crippen LogP contribution in [0.25, 0.3) is 0 Å². The molecule has 0 spiro atoms. The highest BCUT2D eigenvalue weighted by atomic mass is 35.5. The molecule has 1 aromatic heterocycles. The average molecular weight is 250 g/mol. The first-order valence-electron chi connectivity index (χ1n) is 4.04. The predicted octanol–water partition coefficient (Wildman–Crippen LogP) is 1.63. The zero-order valence-corrected chi connectivity index (χ0v) is 9.93. The molecule has 1 aromatic rings. The highest BCUT2D eigenvalue weighted by molar-refractivity contribution is 6.32. The maximum absolute atomic E-state index is 11.5. The summed E-state index contributed by atoms with van der Waals surface area (Å²) in [6, 6.07) is 0. The monoisotopic (exact) mass is 249 g/mol. The first kappa shape index (κ1) is 12.1. The number of carbonyl (C=O) groups excluding carboxylic acids is 1. The summed E-state index contributed by atoms with van der Waals surface area (Å²) in [5, 5.41) is 7.26. The van der Waals surface area contributed by atoms with Crippen LogP contribution in [0.1, 0.15) is 19.5 Å². The lowest BCUT2D eigenvalue weighted by Gasteiger charge is -2.20. The number of carbonyl (C=O) groups is 1. The Kier molecular flexibility index (Phi) is 3.46. The summed E-state index contributed by atoms with van der Waals surface area (Å²) in [7, 11) is 1.29. The second-order valence-electron chi connectivity index (χ2n) is 3.34. The van der Waals surface area contributed by atoms with E-state index in [1.165, 1.54) is 7.11 Å². The molecule has 0 aromatic carbocycles. The van der Waals surface area contributed by atoms with Crippen molar-refractivity contribution in [2.75, 3.05) is 7.11 Å². The fourth-order valence-corrected chi connectivity index (χ4v) is 1.54. The molecule has 0 bridgehead atoms. The summed E-state index contributed by atoms with van der Waals surface area (Å²) < 4.78 is 4.63. The highest BCUT2D eigenvalue weighted by Crippen LogP contribution is 2.27. The molecule has 0 radical (unpaired) electrons. The second kappa shape index (κ2) is 4.28. The van der Waals surface area contributed by atoms with Gasteiger partial charge in [-0.25, -0.2) is 4.98 Å². The molecule has 82 valence electrons. The normalized spacial score (nSPS) is 11.3. The third kappa shape index (κ3) is 2.35. The molecule has 0 unspecified atom stereocenters. The number of halogens is 2. The van der Waals surface area contributed by atoms with E-state index in [9.17, 15) is 4.79 Å². The van der Waals surface area contributed by atoms with Gasteiger partial charge in [0.1, 0.15) is 11.1 Å². The van der Waals surface area contributed by atoms with Crippen LogP contribution >= 0.6 is 23.2 Å². The van der Waals surface area contributed by atoms with Gasteiger partial charge in [-0.05, 0) is 25.4 Å². The summed E-state index contributed by atoms with van der Waals surface area (Å²) in [5.41, 5.74) is -0.767. The number of aromatic nitrogens is 3. The van der Waals surface area contributed by atoms with Crippen LogP contribution in [0.3, 0.4) is 0 Å². The number of hydrogen-bond acceptors (Lipinski definition) is 5. The zero-order valence-electron chi connectivity index (χ0n) is 8.41. The number of hydrogen-bond donors (Lipinski definition) is 0. The minimum absolute atomic E-state index is 0.0467. The minimum Gasteiger partial charge on any atom is -0.468 e. The molecule has 0 amide bonds. The highest BCUT2D eigenvalue weighted by Gasteiger charge is 2.35. The topological polar surface area (TPSA) is 65.0 Å². The Morgan fingerprint density at radius 2 is 1.93 bits per heavy atom. The van der Waals surface area contributed by atoms with Crippen LogP contribution in [-0.2, 0) is 14.9 Å². The fourth-order valence-electron chi connectivity index (χ4n) is 1.02. The van der Waals surface area contributed by atoms with E-state index in [-0.39, 0.29) is 16.1 Å². The van der Waals surface area contributed by atoms with Crippen molar-refractivity contribution in [2.45, 2.75) is 19.3 Å². The van der Waals surface area contributed by atoms with E-state index in [2.05, 4.69) is 19.9 Å². The van der Waals surface area contributed by atoms with Crippen LogP contribution in [0.5, 0.6) is 0 Å². The molecule has 0 N–H and O–H groups in total. The molecule has 7 heteroatoms. The molecule has 0 fully saturated rings. The number of ether oxygens (including phenoxy) is 1. The van der Waals surface area contributed by atoms with Gasteiger partial charge in [-0.3, -0.25) is 4.79 Å². The van der Waals surface area contributed by atoms with Gasteiger partial charge >= 0.3 is 5.97 Å². The summed E-state index contributed by atoms with van der Waals surface area (Å²) in [5.74, 6) is -0.470. The summed E-state index contributed by atoms with van der Waals surface area (Å²) >= 11 is 11.3. The van der Waals surface area contributed by atoms with Crippen molar-refractivity contribution in [3.63, 3.8) is 0 Å². The number of methoxy groups -OCH3 is 1. The maximum atomic E-state index is 11.5. The average Bonchev–Trinajstić information content (AvgIpc) is 2.15. The van der Waals surface area contributed by atoms with Crippen molar-refractivity contribution in [2.24, 2.45) is 0 Å². The van der Waals surface area contributed by atoms with Gasteiger partial charge in [-0.2, -0.15) is 0 Å². The Labute approximate surface area is 96.8 Å². The Bertz CT molecular complexity index is 395. The molecule has 0 aliphatic rings. The van der Waals surface area contributed by atoms with Crippen molar-refractivity contribution in [1.29, 1.82) is 0 Å². The zero-order chi connectivity index (χ0) is 11.6. The van der Waals surface area contributed by atoms with E-state index >= 15 is 0 Å². The molecule has 5 nitrogen and oxygen atoms in total. The smallest absolute Gasteiger partial charge is 0.317 e. The van der Waals surface area contributed by atoms with E-state index in [1.807, 2.05) is 0 Å². The van der Waals surface area contributed by atoms with Gasteiger partial charge in [-0.1, -0.05) is 11.6 Å². The molecule has 0 aliphatic heterocycles. The van der Waals surface area contributed by atoms with Crippen LogP contribution < -0.4 is 0 Å². The fraction of sp³-hybridized carbons (Fsp3) is 0.500. The third-order valence-corrected chi connectivity index (χ3v) is 2.33. The van der Waals surface area contributed by atoms with Gasteiger partial charge in [0.2, 0.25) is 5.28 Å². The van der Waals surface area contributed by atoms with Crippen molar-refractivity contribution in [3.05, 3.63) is 16.1 Å². The van der Waals surface area contributed by atoms with E-state index in [4.69, 9.17) is 23.2 Å². The lowest BCUT2D eigenvalue weighted by Crippen LogP contribution is -2.32. The van der Waals surface area contributed by atoms with Gasteiger partial charge in [0, 0.05) is 0 Å². The van der Waals surface area contributed by atoms with Gasteiger partial charge in [0.25, 0.3) is 0 Å². The standard InChI is InChI=1S/C8H9Cl2N3O2/c1-8(2,6(14)15-3)4-5(9)11-7(10)13-12-4/h1-3H3. The van der Waals surface area contributed by atoms with Crippen molar-refractivity contribution < 1.29 is 9.53 Å². The van der Waals surface area contributed by atoms with Crippen LogP contribution in [0.2, 0.25) is 10.4 Å². The first-order valence-corrected chi connectivity index (χ1v) is 4.79.